The van der Waals surface area contributed by atoms with E-state index >= 15 is 0 Å². The fourth-order valence-corrected chi connectivity index (χ4v) is 3.87. The van der Waals surface area contributed by atoms with Crippen LogP contribution in [-0.2, 0) is 9.53 Å². The Morgan fingerprint density at radius 3 is 3.05 bits per heavy atom. The first-order valence-electron chi connectivity index (χ1n) is 6.68. The lowest BCUT2D eigenvalue weighted by molar-refractivity contribution is -0.150. The Balaban J connectivity index is 2.01. The van der Waals surface area contributed by atoms with Gasteiger partial charge in [0.1, 0.15) is 11.3 Å². The van der Waals surface area contributed by atoms with E-state index in [1.807, 2.05) is 27.0 Å². The molecule has 0 amide bonds. The largest absolute Gasteiger partial charge is 0.468 e. The van der Waals surface area contributed by atoms with Gasteiger partial charge < -0.3 is 14.5 Å². The van der Waals surface area contributed by atoms with Gasteiger partial charge in [0.05, 0.1) is 12.9 Å². The van der Waals surface area contributed by atoms with Crippen LogP contribution in [0.25, 0.3) is 0 Å². The molecule has 1 fully saturated rings. The highest BCUT2D eigenvalue weighted by Crippen LogP contribution is 2.41. The molecule has 1 heterocycles. The van der Waals surface area contributed by atoms with Gasteiger partial charge in [0, 0.05) is 10.1 Å². The summed E-state index contributed by atoms with van der Waals surface area (Å²) in [7, 11) is 1.84. The number of carbonyl (C=O) groups is 1. The maximum absolute atomic E-state index is 12.1. The molecular formula is C14H21NO3S. The summed E-state index contributed by atoms with van der Waals surface area (Å²) in [6.45, 7) is 4.24. The summed E-state index contributed by atoms with van der Waals surface area (Å²) in [6, 6.07) is 1.99. The van der Waals surface area contributed by atoms with E-state index in [1.54, 1.807) is 18.0 Å². The van der Waals surface area contributed by atoms with Gasteiger partial charge in [-0.25, -0.2) is 0 Å². The molecular weight excluding hydrogens is 262 g/mol. The summed E-state index contributed by atoms with van der Waals surface area (Å²) in [5, 5.41) is 3.60. The third-order valence-corrected chi connectivity index (χ3v) is 5.13. The van der Waals surface area contributed by atoms with Crippen LogP contribution in [0, 0.1) is 6.92 Å². The van der Waals surface area contributed by atoms with Crippen molar-refractivity contribution in [2.75, 3.05) is 13.7 Å². The number of hydrogen-bond acceptors (Lipinski definition) is 5. The molecule has 1 saturated carbocycles. The third-order valence-electron chi connectivity index (χ3n) is 3.72. The zero-order chi connectivity index (χ0) is 13.9. The van der Waals surface area contributed by atoms with Crippen molar-refractivity contribution in [3.05, 3.63) is 18.1 Å². The Morgan fingerprint density at radius 1 is 1.68 bits per heavy atom. The highest BCUT2D eigenvalue weighted by atomic mass is 32.2. The van der Waals surface area contributed by atoms with Crippen LogP contribution in [-0.4, -0.2) is 30.4 Å². The van der Waals surface area contributed by atoms with Gasteiger partial charge in [-0.3, -0.25) is 4.79 Å². The number of carbonyl (C=O) groups excluding carboxylic acids is 1. The van der Waals surface area contributed by atoms with Gasteiger partial charge in [-0.2, -0.15) is 0 Å². The van der Waals surface area contributed by atoms with Crippen molar-refractivity contribution >= 4 is 17.7 Å². The number of thioether (sulfide) groups is 1. The van der Waals surface area contributed by atoms with Crippen LogP contribution in [0.1, 0.15) is 31.9 Å². The van der Waals surface area contributed by atoms with Crippen molar-refractivity contribution in [2.45, 2.75) is 48.8 Å². The molecule has 0 aliphatic heterocycles. The Bertz CT molecular complexity index is 446. The van der Waals surface area contributed by atoms with E-state index in [2.05, 4.69) is 5.32 Å². The predicted molar refractivity (Wildman–Crippen MR) is 75.4 cm³/mol. The molecule has 0 bridgehead atoms. The summed E-state index contributed by atoms with van der Waals surface area (Å²) < 4.78 is 10.5. The lowest BCUT2D eigenvalue weighted by Crippen LogP contribution is -2.49. The van der Waals surface area contributed by atoms with Crippen LogP contribution < -0.4 is 5.32 Å². The molecule has 1 aromatic heterocycles. The van der Waals surface area contributed by atoms with Crippen molar-refractivity contribution < 1.29 is 13.9 Å². The maximum Gasteiger partial charge on any atom is 0.326 e. The molecule has 1 N–H and O–H groups in total. The zero-order valence-corrected chi connectivity index (χ0v) is 12.5. The minimum absolute atomic E-state index is 0.121. The number of nitrogens with one attached hydrogen (secondary N) is 1. The molecule has 19 heavy (non-hydrogen) atoms. The SMILES string of the molecule is CCOC(=O)C1(NC)CCC(Sc2ccoc2C)C1. The topological polar surface area (TPSA) is 51.5 Å². The van der Waals surface area contributed by atoms with Crippen LogP contribution >= 0.6 is 11.8 Å². The number of hydrogen-bond donors (Lipinski definition) is 1. The Kier molecular flexibility index (Phi) is 4.58. The van der Waals surface area contributed by atoms with E-state index in [9.17, 15) is 4.79 Å². The number of rotatable bonds is 5. The Hall–Kier alpha value is -0.940. The molecule has 0 spiro atoms. The Labute approximate surface area is 118 Å². The molecule has 0 aromatic carbocycles. The van der Waals surface area contributed by atoms with Crippen molar-refractivity contribution in [3.8, 4) is 0 Å². The van der Waals surface area contributed by atoms with Gasteiger partial charge in [0.2, 0.25) is 0 Å². The first-order valence-corrected chi connectivity index (χ1v) is 7.56. The van der Waals surface area contributed by atoms with Gasteiger partial charge in [-0.1, -0.05) is 0 Å². The normalized spacial score (nSPS) is 26.6. The number of furan rings is 1. The second kappa shape index (κ2) is 6.01. The summed E-state index contributed by atoms with van der Waals surface area (Å²) in [5.41, 5.74) is -0.509. The molecule has 2 rings (SSSR count). The maximum atomic E-state index is 12.1. The van der Waals surface area contributed by atoms with Crippen molar-refractivity contribution in [2.24, 2.45) is 0 Å². The minimum Gasteiger partial charge on any atom is -0.468 e. The predicted octanol–water partition coefficient (Wildman–Crippen LogP) is 2.75. The first-order chi connectivity index (χ1) is 9.11. The highest BCUT2D eigenvalue weighted by Gasteiger charge is 2.45. The molecule has 4 nitrogen and oxygen atoms in total. The van der Waals surface area contributed by atoms with Crippen molar-refractivity contribution in [1.29, 1.82) is 0 Å². The van der Waals surface area contributed by atoms with Crippen LogP contribution in [0.2, 0.25) is 0 Å². The third kappa shape index (κ3) is 2.98. The molecule has 5 heteroatoms. The monoisotopic (exact) mass is 283 g/mol. The van der Waals surface area contributed by atoms with Crippen LogP contribution in [0.4, 0.5) is 0 Å². The summed E-state index contributed by atoms with van der Waals surface area (Å²) in [6.07, 6.45) is 4.35. The lowest BCUT2D eigenvalue weighted by atomic mass is 9.98. The van der Waals surface area contributed by atoms with E-state index in [-0.39, 0.29) is 5.97 Å². The van der Waals surface area contributed by atoms with Crippen molar-refractivity contribution in [3.63, 3.8) is 0 Å². The minimum atomic E-state index is -0.509. The fraction of sp³-hybridized carbons (Fsp3) is 0.643. The summed E-state index contributed by atoms with van der Waals surface area (Å²) >= 11 is 1.80. The second-order valence-corrected chi connectivity index (χ2v) is 6.22. The molecule has 1 aromatic rings. The second-order valence-electron chi connectivity index (χ2n) is 4.88. The number of likely N-dealkylation sites (N-methyl/N-ethyl adjacent to an activating group) is 1. The van der Waals surface area contributed by atoms with Crippen molar-refractivity contribution in [1.82, 2.24) is 5.32 Å². The van der Waals surface area contributed by atoms with Gasteiger partial charge >= 0.3 is 5.97 Å². The summed E-state index contributed by atoms with van der Waals surface area (Å²) in [5.74, 6) is 0.826. The highest BCUT2D eigenvalue weighted by molar-refractivity contribution is 8.00. The van der Waals surface area contributed by atoms with Crippen LogP contribution in [0.3, 0.4) is 0 Å². The molecule has 2 unspecified atom stereocenters. The standard InChI is InChI=1S/C14H21NO3S/c1-4-17-13(16)14(15-3)7-5-11(9-14)19-12-6-8-18-10(12)2/h6,8,11,15H,4-5,7,9H2,1-3H3. The van der Waals surface area contributed by atoms with E-state index in [0.29, 0.717) is 11.9 Å². The molecule has 2 atom stereocenters. The van der Waals surface area contributed by atoms with Crippen LogP contribution in [0.5, 0.6) is 0 Å². The zero-order valence-electron chi connectivity index (χ0n) is 11.7. The Morgan fingerprint density at radius 2 is 2.47 bits per heavy atom. The molecule has 106 valence electrons. The molecule has 0 radical (unpaired) electrons. The molecule has 1 aliphatic carbocycles. The van der Waals surface area contributed by atoms with Gasteiger partial charge in [-0.15, -0.1) is 11.8 Å². The average Bonchev–Trinajstić information content (AvgIpc) is 2.99. The molecule has 0 saturated heterocycles. The first kappa shape index (κ1) is 14.5. The molecule has 1 aliphatic rings. The number of ether oxygens (including phenoxy) is 1. The average molecular weight is 283 g/mol. The van der Waals surface area contributed by atoms with Crippen LogP contribution in [0.15, 0.2) is 21.6 Å². The van der Waals surface area contributed by atoms with E-state index in [0.717, 1.165) is 25.0 Å². The van der Waals surface area contributed by atoms with Gasteiger partial charge in [0.15, 0.2) is 0 Å². The number of aryl methyl sites for hydroxylation is 1. The fourth-order valence-electron chi connectivity index (χ4n) is 2.56. The van der Waals surface area contributed by atoms with Gasteiger partial charge in [0.25, 0.3) is 0 Å². The number of esters is 1. The van der Waals surface area contributed by atoms with E-state index in [1.165, 1.54) is 4.90 Å². The van der Waals surface area contributed by atoms with E-state index in [4.69, 9.17) is 9.15 Å². The lowest BCUT2D eigenvalue weighted by Gasteiger charge is -2.26. The summed E-state index contributed by atoms with van der Waals surface area (Å²) in [4.78, 5) is 13.3. The quantitative estimate of drug-likeness (QED) is 0.842. The smallest absolute Gasteiger partial charge is 0.326 e. The van der Waals surface area contributed by atoms with E-state index < -0.39 is 5.54 Å². The van der Waals surface area contributed by atoms with Gasteiger partial charge in [-0.05, 0) is 46.2 Å².